The molecule has 3 aromatic carbocycles. The summed E-state index contributed by atoms with van der Waals surface area (Å²) in [5, 5.41) is 3.02. The van der Waals surface area contributed by atoms with E-state index in [4.69, 9.17) is 5.73 Å². The van der Waals surface area contributed by atoms with Gasteiger partial charge < -0.3 is 5.73 Å². The molecule has 2 N–H and O–H groups in total. The van der Waals surface area contributed by atoms with Crippen LogP contribution in [-0.4, -0.2) is 9.55 Å². The number of nitrogens with zero attached hydrogens (tertiary/aromatic N) is 3. The van der Waals surface area contributed by atoms with Crippen molar-refractivity contribution in [3.8, 4) is 16.8 Å². The molecule has 122 valence electrons. The largest absolute Gasteiger partial charge is 0.399 e. The van der Waals surface area contributed by atoms with Crippen molar-refractivity contribution in [2.24, 2.45) is 5.18 Å². The maximum Gasteiger partial charge on any atom is 0.106 e. The van der Waals surface area contributed by atoms with Gasteiger partial charge in [-0.15, -0.1) is 0 Å². The summed E-state index contributed by atoms with van der Waals surface area (Å²) in [5.74, 6) is 0. The Morgan fingerprint density at radius 1 is 1.00 bits per heavy atom. The molecular weight excluding hydrogens is 312 g/mol. The van der Waals surface area contributed by atoms with Crippen LogP contribution >= 0.6 is 0 Å². The highest BCUT2D eigenvalue weighted by Gasteiger charge is 2.13. The van der Waals surface area contributed by atoms with Crippen LogP contribution in [0.25, 0.3) is 27.8 Å². The molecule has 0 saturated carbocycles. The van der Waals surface area contributed by atoms with Crippen molar-refractivity contribution in [1.29, 1.82) is 0 Å². The Hall–Kier alpha value is -3.47. The van der Waals surface area contributed by atoms with Crippen molar-refractivity contribution >= 4 is 16.7 Å². The highest BCUT2D eigenvalue weighted by Crippen LogP contribution is 2.32. The molecule has 0 bridgehead atoms. The van der Waals surface area contributed by atoms with Crippen LogP contribution in [0, 0.1) is 4.91 Å². The molecule has 0 saturated heterocycles. The molecule has 0 amide bonds. The van der Waals surface area contributed by atoms with Crippen LogP contribution in [0.5, 0.6) is 0 Å². The number of nitroso groups, excluding NO2 is 1. The van der Waals surface area contributed by atoms with Crippen LogP contribution in [0.15, 0.2) is 78.2 Å². The third-order valence-electron chi connectivity index (χ3n) is 4.18. The average Bonchev–Trinajstić information content (AvgIpc) is 3.06. The zero-order chi connectivity index (χ0) is 17.2. The van der Waals surface area contributed by atoms with E-state index in [0.29, 0.717) is 5.69 Å². The summed E-state index contributed by atoms with van der Waals surface area (Å²) < 4.78 is 2.05. The fourth-order valence-corrected chi connectivity index (χ4v) is 3.08. The van der Waals surface area contributed by atoms with Crippen molar-refractivity contribution < 1.29 is 0 Å². The second kappa shape index (κ2) is 6.20. The lowest BCUT2D eigenvalue weighted by atomic mass is 10.00. The van der Waals surface area contributed by atoms with Gasteiger partial charge in [-0.1, -0.05) is 35.5 Å². The Labute approximate surface area is 144 Å². The van der Waals surface area contributed by atoms with Crippen molar-refractivity contribution in [1.82, 2.24) is 9.55 Å². The molecular formula is C20H16N4O. The maximum atomic E-state index is 10.7. The van der Waals surface area contributed by atoms with Crippen molar-refractivity contribution in [2.45, 2.75) is 6.54 Å². The average molecular weight is 328 g/mol. The van der Waals surface area contributed by atoms with Crippen LogP contribution in [-0.2, 0) is 6.54 Å². The van der Waals surface area contributed by atoms with Crippen LogP contribution in [0.1, 0.15) is 5.56 Å². The minimum atomic E-state index is 0.115. The molecule has 0 fully saturated rings. The Morgan fingerprint density at radius 2 is 1.84 bits per heavy atom. The van der Waals surface area contributed by atoms with E-state index < -0.39 is 0 Å². The first kappa shape index (κ1) is 15.1. The number of hydrogen-bond acceptors (Lipinski definition) is 4. The van der Waals surface area contributed by atoms with Crippen LogP contribution in [0.2, 0.25) is 0 Å². The molecule has 4 rings (SSSR count). The summed E-state index contributed by atoms with van der Waals surface area (Å²) in [7, 11) is 0. The molecule has 5 nitrogen and oxygen atoms in total. The number of nitrogens with two attached hydrogens (primary N) is 1. The van der Waals surface area contributed by atoms with E-state index in [2.05, 4.69) is 10.2 Å². The number of aromatic nitrogens is 2. The first-order valence-corrected chi connectivity index (χ1v) is 7.96. The van der Waals surface area contributed by atoms with Gasteiger partial charge in [0.2, 0.25) is 0 Å². The van der Waals surface area contributed by atoms with E-state index in [0.717, 1.165) is 33.4 Å². The standard InChI is InChI=1S/C20H16N4O/c21-16-6-4-5-15(11-16)18-9-14(12-23-25)10-19-20(18)24(13-22-19)17-7-2-1-3-8-17/h1-11,13H,12,21H2. The first-order valence-electron chi connectivity index (χ1n) is 7.96. The van der Waals surface area contributed by atoms with Crippen molar-refractivity contribution in [3.63, 3.8) is 0 Å². The summed E-state index contributed by atoms with van der Waals surface area (Å²) in [6.07, 6.45) is 1.80. The van der Waals surface area contributed by atoms with Crippen molar-refractivity contribution in [2.75, 3.05) is 5.73 Å². The van der Waals surface area contributed by atoms with Gasteiger partial charge in [-0.3, -0.25) is 4.57 Å². The van der Waals surface area contributed by atoms with E-state index in [-0.39, 0.29) is 6.54 Å². The molecule has 25 heavy (non-hydrogen) atoms. The molecule has 4 aromatic rings. The van der Waals surface area contributed by atoms with Gasteiger partial charge in [0.25, 0.3) is 0 Å². The molecule has 1 aromatic heterocycles. The van der Waals surface area contributed by atoms with E-state index >= 15 is 0 Å². The second-order valence-corrected chi connectivity index (χ2v) is 5.87. The first-order chi connectivity index (χ1) is 12.3. The van der Waals surface area contributed by atoms with E-state index in [9.17, 15) is 4.91 Å². The summed E-state index contributed by atoms with van der Waals surface area (Å²) in [6.45, 7) is 0.115. The van der Waals surface area contributed by atoms with Crippen LogP contribution in [0.4, 0.5) is 5.69 Å². The molecule has 0 atom stereocenters. The molecule has 1 heterocycles. The van der Waals surface area contributed by atoms with E-state index in [1.807, 2.05) is 71.3 Å². The van der Waals surface area contributed by atoms with Gasteiger partial charge in [0, 0.05) is 16.9 Å². The minimum absolute atomic E-state index is 0.115. The third kappa shape index (κ3) is 2.76. The van der Waals surface area contributed by atoms with E-state index in [1.54, 1.807) is 6.33 Å². The van der Waals surface area contributed by atoms with Gasteiger partial charge in [-0.2, -0.15) is 4.91 Å². The molecule has 0 aliphatic heterocycles. The monoisotopic (exact) mass is 328 g/mol. The number of anilines is 1. The smallest absolute Gasteiger partial charge is 0.106 e. The Bertz CT molecular complexity index is 1050. The third-order valence-corrected chi connectivity index (χ3v) is 4.18. The van der Waals surface area contributed by atoms with Crippen LogP contribution in [0.3, 0.4) is 0 Å². The number of imidazole rings is 1. The number of para-hydroxylation sites is 1. The van der Waals surface area contributed by atoms with Crippen LogP contribution < -0.4 is 5.73 Å². The SMILES string of the molecule is Nc1cccc(-c2cc(CN=O)cc3ncn(-c4ccccc4)c23)c1. The normalized spacial score (nSPS) is 10.9. The van der Waals surface area contributed by atoms with Gasteiger partial charge >= 0.3 is 0 Å². The summed E-state index contributed by atoms with van der Waals surface area (Å²) in [5.41, 5.74) is 12.3. The van der Waals surface area contributed by atoms with Gasteiger partial charge in [0.1, 0.15) is 12.9 Å². The fraction of sp³-hybridized carbons (Fsp3) is 0.0500. The molecule has 5 heteroatoms. The topological polar surface area (TPSA) is 73.3 Å². The quantitative estimate of drug-likeness (QED) is 0.441. The molecule has 0 aliphatic carbocycles. The predicted molar refractivity (Wildman–Crippen MR) is 100 cm³/mol. The fourth-order valence-electron chi connectivity index (χ4n) is 3.08. The van der Waals surface area contributed by atoms with Gasteiger partial charge in [0.05, 0.1) is 11.0 Å². The van der Waals surface area contributed by atoms with Gasteiger partial charge in [0.15, 0.2) is 0 Å². The Kier molecular flexibility index (Phi) is 3.74. The molecule has 0 unspecified atom stereocenters. The maximum absolute atomic E-state index is 10.7. The van der Waals surface area contributed by atoms with E-state index in [1.165, 1.54) is 0 Å². The Balaban J connectivity index is 2.03. The zero-order valence-electron chi connectivity index (χ0n) is 13.5. The summed E-state index contributed by atoms with van der Waals surface area (Å²) in [4.78, 5) is 15.3. The molecule has 0 spiro atoms. The summed E-state index contributed by atoms with van der Waals surface area (Å²) in [6, 6.07) is 21.6. The number of fused-ring (bicyclic) bond motifs is 1. The number of nitrogen functional groups attached to an aromatic ring is 1. The van der Waals surface area contributed by atoms with Gasteiger partial charge in [-0.05, 0) is 47.5 Å². The van der Waals surface area contributed by atoms with Gasteiger partial charge in [-0.25, -0.2) is 4.98 Å². The molecule has 0 aliphatic rings. The summed E-state index contributed by atoms with van der Waals surface area (Å²) >= 11 is 0. The highest BCUT2D eigenvalue weighted by atomic mass is 16.3. The Morgan fingerprint density at radius 3 is 2.60 bits per heavy atom. The molecule has 0 radical (unpaired) electrons. The lowest BCUT2D eigenvalue weighted by molar-refractivity contribution is 1.06. The number of rotatable bonds is 4. The predicted octanol–water partition coefficient (Wildman–Crippen LogP) is 4.54. The second-order valence-electron chi connectivity index (χ2n) is 5.87. The lowest BCUT2D eigenvalue weighted by Crippen LogP contribution is -1.95. The zero-order valence-corrected chi connectivity index (χ0v) is 13.5. The lowest BCUT2D eigenvalue weighted by Gasteiger charge is -2.11. The minimum Gasteiger partial charge on any atom is -0.399 e. The number of hydrogen-bond donors (Lipinski definition) is 1. The highest BCUT2D eigenvalue weighted by molar-refractivity contribution is 5.94. The van der Waals surface area contributed by atoms with Crippen molar-refractivity contribution in [3.05, 3.63) is 83.5 Å². The number of benzene rings is 3.